The first-order valence-corrected chi connectivity index (χ1v) is 19.9. The second-order valence-electron chi connectivity index (χ2n) is 15.0. The molecule has 0 atom stereocenters. The van der Waals surface area contributed by atoms with Crippen LogP contribution in [0.25, 0.3) is 82.4 Å². The van der Waals surface area contributed by atoms with Gasteiger partial charge in [0.05, 0.1) is 22.4 Å². The molecule has 0 saturated heterocycles. The summed E-state index contributed by atoms with van der Waals surface area (Å²) in [5.41, 5.74) is 14.0. The van der Waals surface area contributed by atoms with Crippen LogP contribution >= 0.6 is 0 Å². The van der Waals surface area contributed by atoms with E-state index in [2.05, 4.69) is 240 Å². The average molecular weight is 739 g/mol. The monoisotopic (exact) mass is 738 g/mol. The molecule has 1 aromatic heterocycles. The first kappa shape index (κ1) is 33.6. The van der Waals surface area contributed by atoms with Crippen molar-refractivity contribution in [1.29, 1.82) is 0 Å². The van der Waals surface area contributed by atoms with Gasteiger partial charge in [0, 0.05) is 27.7 Å². The Kier molecular flexibility index (Phi) is 8.19. The smallest absolute Gasteiger partial charge is 0.0562 e. The quantitative estimate of drug-likeness (QED) is 0.158. The first-order chi connectivity index (χ1) is 28.8. The maximum atomic E-state index is 2.47. The van der Waals surface area contributed by atoms with Gasteiger partial charge in [-0.1, -0.05) is 164 Å². The van der Waals surface area contributed by atoms with Crippen LogP contribution in [0, 0.1) is 0 Å². The van der Waals surface area contributed by atoms with Crippen LogP contribution in [0.1, 0.15) is 0 Å². The maximum absolute atomic E-state index is 2.47. The molecule has 0 N–H and O–H groups in total. The average Bonchev–Trinajstić information content (AvgIpc) is 3.64. The lowest BCUT2D eigenvalue weighted by atomic mass is 9.96. The van der Waals surface area contributed by atoms with Gasteiger partial charge in [-0.3, -0.25) is 0 Å². The topological polar surface area (TPSA) is 8.17 Å². The number of benzene rings is 10. The molecule has 0 radical (unpaired) electrons. The number of anilines is 3. The Morgan fingerprint density at radius 3 is 1.62 bits per heavy atom. The van der Waals surface area contributed by atoms with Crippen molar-refractivity contribution in [2.45, 2.75) is 0 Å². The lowest BCUT2D eigenvalue weighted by Gasteiger charge is -2.29. The van der Waals surface area contributed by atoms with Gasteiger partial charge in [0.25, 0.3) is 0 Å². The highest BCUT2D eigenvalue weighted by atomic mass is 15.2. The highest BCUT2D eigenvalue weighted by Gasteiger charge is 2.23. The minimum atomic E-state index is 1.09. The third kappa shape index (κ3) is 5.82. The van der Waals surface area contributed by atoms with Gasteiger partial charge in [-0.15, -0.1) is 0 Å². The summed E-state index contributed by atoms with van der Waals surface area (Å²) in [5, 5.41) is 7.38. The number of hydrogen-bond donors (Lipinski definition) is 0. The molecule has 11 aromatic rings. The van der Waals surface area contributed by atoms with E-state index in [-0.39, 0.29) is 0 Å². The number of rotatable bonds is 7. The number of hydrogen-bond acceptors (Lipinski definition) is 1. The molecule has 0 amide bonds. The maximum Gasteiger partial charge on any atom is 0.0562 e. The molecule has 0 fully saturated rings. The second-order valence-corrected chi connectivity index (χ2v) is 15.0. The van der Waals surface area contributed by atoms with Gasteiger partial charge in [0.2, 0.25) is 0 Å². The highest BCUT2D eigenvalue weighted by Crippen LogP contribution is 2.47. The minimum Gasteiger partial charge on any atom is -0.309 e. The third-order valence-corrected chi connectivity index (χ3v) is 11.5. The molecule has 272 valence electrons. The number of aromatic nitrogens is 1. The SMILES string of the molecule is c1ccc(-c2ccccc2N(c2cccc(-c3ccc4ccc(-c5ccc6ccccc6c5)cc4c3)c2)c2cccc3c2c2ccccc2n3-c2ccccc2)cc1. The Labute approximate surface area is 338 Å². The molecule has 2 heteroatoms. The Morgan fingerprint density at radius 1 is 0.310 bits per heavy atom. The summed E-state index contributed by atoms with van der Waals surface area (Å²) in [6.07, 6.45) is 0. The van der Waals surface area contributed by atoms with Crippen molar-refractivity contribution >= 4 is 60.4 Å². The molecule has 11 rings (SSSR count). The zero-order chi connectivity index (χ0) is 38.4. The Balaban J connectivity index is 1.10. The minimum absolute atomic E-state index is 1.09. The van der Waals surface area contributed by atoms with E-state index in [0.29, 0.717) is 0 Å². The summed E-state index contributed by atoms with van der Waals surface area (Å²) >= 11 is 0. The van der Waals surface area contributed by atoms with Crippen molar-refractivity contribution in [2.24, 2.45) is 0 Å². The van der Waals surface area contributed by atoms with Gasteiger partial charge < -0.3 is 9.47 Å². The predicted molar refractivity (Wildman–Crippen MR) is 247 cm³/mol. The molecule has 0 saturated carbocycles. The third-order valence-electron chi connectivity index (χ3n) is 11.5. The molecule has 10 aromatic carbocycles. The van der Waals surface area contributed by atoms with Gasteiger partial charge in [0.15, 0.2) is 0 Å². The zero-order valence-electron chi connectivity index (χ0n) is 31.8. The van der Waals surface area contributed by atoms with Gasteiger partial charge in [-0.25, -0.2) is 0 Å². The summed E-state index contributed by atoms with van der Waals surface area (Å²) in [5.74, 6) is 0. The molecular formula is C56H38N2. The van der Waals surface area contributed by atoms with Crippen molar-refractivity contribution in [1.82, 2.24) is 4.57 Å². The first-order valence-electron chi connectivity index (χ1n) is 19.9. The van der Waals surface area contributed by atoms with Crippen LogP contribution < -0.4 is 4.90 Å². The van der Waals surface area contributed by atoms with E-state index in [0.717, 1.165) is 28.3 Å². The van der Waals surface area contributed by atoms with Crippen LogP contribution in [0.3, 0.4) is 0 Å². The molecular weight excluding hydrogens is 701 g/mol. The fourth-order valence-electron chi connectivity index (χ4n) is 8.78. The van der Waals surface area contributed by atoms with Crippen molar-refractivity contribution in [2.75, 3.05) is 4.90 Å². The van der Waals surface area contributed by atoms with Crippen LogP contribution in [-0.4, -0.2) is 4.57 Å². The largest absolute Gasteiger partial charge is 0.309 e. The lowest BCUT2D eigenvalue weighted by Crippen LogP contribution is -2.12. The molecule has 0 aliphatic heterocycles. The van der Waals surface area contributed by atoms with Crippen LogP contribution in [0.5, 0.6) is 0 Å². The molecule has 0 unspecified atom stereocenters. The van der Waals surface area contributed by atoms with Crippen LogP contribution in [0.4, 0.5) is 17.1 Å². The van der Waals surface area contributed by atoms with E-state index < -0.39 is 0 Å². The van der Waals surface area contributed by atoms with Crippen molar-refractivity contribution < 1.29 is 0 Å². The summed E-state index contributed by atoms with van der Waals surface area (Å²) in [4.78, 5) is 2.47. The van der Waals surface area contributed by atoms with Gasteiger partial charge >= 0.3 is 0 Å². The van der Waals surface area contributed by atoms with Crippen molar-refractivity contribution in [3.63, 3.8) is 0 Å². The molecule has 58 heavy (non-hydrogen) atoms. The molecule has 0 bridgehead atoms. The van der Waals surface area contributed by atoms with E-state index in [1.54, 1.807) is 0 Å². The van der Waals surface area contributed by atoms with E-state index >= 15 is 0 Å². The fourth-order valence-corrected chi connectivity index (χ4v) is 8.78. The molecule has 2 nitrogen and oxygen atoms in total. The van der Waals surface area contributed by atoms with Crippen LogP contribution in [0.15, 0.2) is 231 Å². The Hall–Kier alpha value is -7.68. The van der Waals surface area contributed by atoms with E-state index in [4.69, 9.17) is 0 Å². The summed E-state index contributed by atoms with van der Waals surface area (Å²) < 4.78 is 2.40. The lowest BCUT2D eigenvalue weighted by molar-refractivity contribution is 1.18. The Morgan fingerprint density at radius 2 is 0.845 bits per heavy atom. The van der Waals surface area contributed by atoms with Crippen molar-refractivity contribution in [3.05, 3.63) is 231 Å². The van der Waals surface area contributed by atoms with E-state index in [1.807, 2.05) is 0 Å². The van der Waals surface area contributed by atoms with Crippen molar-refractivity contribution in [3.8, 4) is 39.1 Å². The second kappa shape index (κ2) is 14.1. The molecule has 0 aliphatic carbocycles. The number of para-hydroxylation sites is 3. The van der Waals surface area contributed by atoms with Gasteiger partial charge in [0.1, 0.15) is 0 Å². The molecule has 1 heterocycles. The fraction of sp³-hybridized carbons (Fsp3) is 0. The number of nitrogens with zero attached hydrogens (tertiary/aromatic N) is 2. The van der Waals surface area contributed by atoms with E-state index in [1.165, 1.54) is 71.2 Å². The Bertz CT molecular complexity index is 3290. The molecule has 0 spiro atoms. The van der Waals surface area contributed by atoms with Gasteiger partial charge in [-0.2, -0.15) is 0 Å². The summed E-state index contributed by atoms with van der Waals surface area (Å²) in [6, 6.07) is 83.8. The van der Waals surface area contributed by atoms with E-state index in [9.17, 15) is 0 Å². The van der Waals surface area contributed by atoms with Gasteiger partial charge in [-0.05, 0) is 116 Å². The normalized spacial score (nSPS) is 11.4. The zero-order valence-corrected chi connectivity index (χ0v) is 31.8. The highest BCUT2D eigenvalue weighted by molar-refractivity contribution is 6.17. The predicted octanol–water partition coefficient (Wildman–Crippen LogP) is 15.6. The molecule has 0 aliphatic rings. The number of fused-ring (bicyclic) bond motifs is 5. The summed E-state index contributed by atoms with van der Waals surface area (Å²) in [7, 11) is 0. The summed E-state index contributed by atoms with van der Waals surface area (Å²) in [6.45, 7) is 0. The van der Waals surface area contributed by atoms with Crippen LogP contribution in [-0.2, 0) is 0 Å². The standard InChI is InChI=1S/C56H38N2/c1-3-16-41(17-4-1)50-23-9-11-25-52(50)58(55-28-14-27-54-56(55)51-24-10-12-26-53(51)57(54)48-20-5-2-6-21-48)49-22-13-19-43(38-49)45-33-30-40-31-34-46(37-47(40)36-45)44-32-29-39-15-7-8-18-42(39)35-44/h1-38H. The van der Waals surface area contributed by atoms with Crippen LogP contribution in [0.2, 0.25) is 0 Å².